The average molecular weight is 287 g/mol. The van der Waals surface area contributed by atoms with Crippen LogP contribution in [0.4, 0.5) is 0 Å². The van der Waals surface area contributed by atoms with Crippen LogP contribution in [0.15, 0.2) is 0 Å². The summed E-state index contributed by atoms with van der Waals surface area (Å²) in [4.78, 5) is 4.66. The molecule has 20 heavy (non-hydrogen) atoms. The first-order valence-corrected chi connectivity index (χ1v) is 7.80. The number of aliphatic hydroxyl groups is 1. The summed E-state index contributed by atoms with van der Waals surface area (Å²) in [6, 6.07) is 0. The number of nitrogens with one attached hydrogen (secondary N) is 1. The van der Waals surface area contributed by atoms with Crippen LogP contribution < -0.4 is 5.32 Å². The van der Waals surface area contributed by atoms with Crippen LogP contribution in [0.5, 0.6) is 0 Å². The number of nitrogens with zero attached hydrogens (tertiary/aromatic N) is 2. The number of hydrogen-bond acceptors (Lipinski definition) is 6. The van der Waals surface area contributed by atoms with Crippen LogP contribution in [0.2, 0.25) is 0 Å². The fraction of sp³-hybridized carbons (Fsp3) is 1.00. The molecule has 2 fully saturated rings. The Balaban J connectivity index is 1.55. The highest BCUT2D eigenvalue weighted by Gasteiger charge is 2.19. The first-order valence-electron chi connectivity index (χ1n) is 7.80. The Morgan fingerprint density at radius 3 is 2.70 bits per heavy atom. The average Bonchev–Trinajstić information content (AvgIpc) is 2.48. The quantitative estimate of drug-likeness (QED) is 0.626. The second-order valence-electron chi connectivity index (χ2n) is 5.61. The molecule has 2 aliphatic rings. The Bertz CT molecular complexity index is 262. The van der Waals surface area contributed by atoms with Crippen molar-refractivity contribution >= 4 is 0 Å². The minimum absolute atomic E-state index is 0.249. The van der Waals surface area contributed by atoms with Gasteiger partial charge in [0, 0.05) is 45.8 Å². The molecule has 2 aliphatic heterocycles. The van der Waals surface area contributed by atoms with Crippen LogP contribution >= 0.6 is 0 Å². The second kappa shape index (κ2) is 8.92. The largest absolute Gasteiger partial charge is 0.390 e. The summed E-state index contributed by atoms with van der Waals surface area (Å²) in [7, 11) is 0. The summed E-state index contributed by atoms with van der Waals surface area (Å²) in [5.41, 5.74) is 0. The van der Waals surface area contributed by atoms with Crippen LogP contribution in [0.25, 0.3) is 0 Å². The van der Waals surface area contributed by atoms with Crippen molar-refractivity contribution in [2.45, 2.75) is 19.1 Å². The number of β-amino-alcohol motifs (C(OH)–C–C–N with tert-alkyl or cyclic N) is 1. The van der Waals surface area contributed by atoms with E-state index >= 15 is 0 Å². The van der Waals surface area contributed by atoms with E-state index in [4.69, 9.17) is 9.47 Å². The number of rotatable bonds is 7. The van der Waals surface area contributed by atoms with Crippen molar-refractivity contribution in [3.05, 3.63) is 0 Å². The zero-order valence-electron chi connectivity index (χ0n) is 12.6. The van der Waals surface area contributed by atoms with E-state index in [1.165, 1.54) is 0 Å². The zero-order chi connectivity index (χ0) is 14.2. The first-order chi connectivity index (χ1) is 9.78. The molecule has 6 nitrogen and oxygen atoms in total. The minimum atomic E-state index is -0.320. The fourth-order valence-corrected chi connectivity index (χ4v) is 2.75. The summed E-state index contributed by atoms with van der Waals surface area (Å²) >= 11 is 0. The van der Waals surface area contributed by atoms with Gasteiger partial charge in [-0.15, -0.1) is 0 Å². The standard InChI is InChI=1S/C14H29N3O3/c1-2-16-5-8-20-14(12-16)10-15-9-13(18)11-17-3-6-19-7-4-17/h13-15,18H,2-12H2,1H3. The van der Waals surface area contributed by atoms with Gasteiger partial charge in [0.15, 0.2) is 0 Å². The molecule has 2 rings (SSSR count). The van der Waals surface area contributed by atoms with E-state index in [0.29, 0.717) is 6.54 Å². The minimum Gasteiger partial charge on any atom is -0.390 e. The van der Waals surface area contributed by atoms with Crippen molar-refractivity contribution in [1.29, 1.82) is 0 Å². The predicted octanol–water partition coefficient (Wildman–Crippen LogP) is -1.01. The summed E-state index contributed by atoms with van der Waals surface area (Å²) in [5.74, 6) is 0. The van der Waals surface area contributed by atoms with Crippen LogP contribution in [-0.2, 0) is 9.47 Å². The van der Waals surface area contributed by atoms with Crippen molar-refractivity contribution in [3.63, 3.8) is 0 Å². The molecule has 2 heterocycles. The Morgan fingerprint density at radius 2 is 1.95 bits per heavy atom. The van der Waals surface area contributed by atoms with E-state index in [0.717, 1.165) is 65.6 Å². The van der Waals surface area contributed by atoms with Gasteiger partial charge < -0.3 is 19.9 Å². The maximum absolute atomic E-state index is 10.0. The van der Waals surface area contributed by atoms with Crippen LogP contribution in [0, 0.1) is 0 Å². The lowest BCUT2D eigenvalue weighted by Gasteiger charge is -2.32. The van der Waals surface area contributed by atoms with E-state index < -0.39 is 0 Å². The summed E-state index contributed by atoms with van der Waals surface area (Å²) in [6.45, 7) is 11.7. The summed E-state index contributed by atoms with van der Waals surface area (Å²) < 4.78 is 11.0. The Morgan fingerprint density at radius 1 is 1.20 bits per heavy atom. The molecule has 2 unspecified atom stereocenters. The molecule has 0 aromatic rings. The molecular weight excluding hydrogens is 258 g/mol. The SMILES string of the molecule is CCN1CCOC(CNCC(O)CN2CCOCC2)C1. The van der Waals surface area contributed by atoms with Crippen molar-refractivity contribution in [2.75, 3.05) is 72.2 Å². The van der Waals surface area contributed by atoms with Gasteiger partial charge in [0.1, 0.15) is 0 Å². The van der Waals surface area contributed by atoms with Crippen LogP contribution in [0.1, 0.15) is 6.92 Å². The topological polar surface area (TPSA) is 57.2 Å². The molecular formula is C14H29N3O3. The highest BCUT2D eigenvalue weighted by Crippen LogP contribution is 2.04. The van der Waals surface area contributed by atoms with Gasteiger partial charge >= 0.3 is 0 Å². The lowest BCUT2D eigenvalue weighted by atomic mass is 10.2. The Labute approximate surface area is 122 Å². The summed E-state index contributed by atoms with van der Waals surface area (Å²) in [6.07, 6.45) is -0.0711. The number of aliphatic hydroxyl groups excluding tert-OH is 1. The van der Waals surface area contributed by atoms with E-state index in [9.17, 15) is 5.11 Å². The highest BCUT2D eigenvalue weighted by atomic mass is 16.5. The molecule has 118 valence electrons. The maximum atomic E-state index is 10.0. The predicted molar refractivity (Wildman–Crippen MR) is 78.0 cm³/mol. The molecule has 0 aromatic carbocycles. The third-order valence-electron chi connectivity index (χ3n) is 3.99. The molecule has 0 bridgehead atoms. The molecule has 2 saturated heterocycles. The van der Waals surface area contributed by atoms with Gasteiger partial charge in [-0.2, -0.15) is 0 Å². The highest BCUT2D eigenvalue weighted by molar-refractivity contribution is 4.74. The van der Waals surface area contributed by atoms with Crippen molar-refractivity contribution in [1.82, 2.24) is 15.1 Å². The fourth-order valence-electron chi connectivity index (χ4n) is 2.75. The lowest BCUT2D eigenvalue weighted by molar-refractivity contribution is -0.0271. The number of morpholine rings is 2. The first kappa shape index (κ1) is 16.1. The van der Waals surface area contributed by atoms with Crippen LogP contribution in [0.3, 0.4) is 0 Å². The van der Waals surface area contributed by atoms with Crippen molar-refractivity contribution in [3.8, 4) is 0 Å². The van der Waals surface area contributed by atoms with E-state index in [1.807, 2.05) is 0 Å². The molecule has 0 saturated carbocycles. The van der Waals surface area contributed by atoms with Gasteiger partial charge in [0.05, 0.1) is 32.0 Å². The third kappa shape index (κ3) is 5.63. The van der Waals surface area contributed by atoms with Gasteiger partial charge in [-0.3, -0.25) is 9.80 Å². The number of ether oxygens (including phenoxy) is 2. The zero-order valence-corrected chi connectivity index (χ0v) is 12.6. The second-order valence-corrected chi connectivity index (χ2v) is 5.61. The molecule has 0 amide bonds. The molecule has 2 atom stereocenters. The molecule has 0 aromatic heterocycles. The van der Waals surface area contributed by atoms with E-state index in [1.54, 1.807) is 0 Å². The summed E-state index contributed by atoms with van der Waals surface area (Å²) in [5, 5.41) is 13.4. The van der Waals surface area contributed by atoms with Crippen molar-refractivity contribution < 1.29 is 14.6 Å². The van der Waals surface area contributed by atoms with E-state index in [2.05, 4.69) is 22.0 Å². The normalized spacial score (nSPS) is 27.6. The molecule has 0 aliphatic carbocycles. The van der Waals surface area contributed by atoms with Crippen LogP contribution in [-0.4, -0.2) is 99.3 Å². The Kier molecular flexibility index (Phi) is 7.19. The van der Waals surface area contributed by atoms with Gasteiger partial charge in [0.25, 0.3) is 0 Å². The van der Waals surface area contributed by atoms with Gasteiger partial charge in [-0.1, -0.05) is 6.92 Å². The van der Waals surface area contributed by atoms with E-state index in [-0.39, 0.29) is 12.2 Å². The number of hydrogen-bond donors (Lipinski definition) is 2. The molecule has 0 spiro atoms. The Hall–Kier alpha value is -0.240. The van der Waals surface area contributed by atoms with Gasteiger partial charge in [0.2, 0.25) is 0 Å². The lowest BCUT2D eigenvalue weighted by Crippen LogP contribution is -2.48. The molecule has 2 N–H and O–H groups in total. The van der Waals surface area contributed by atoms with Crippen molar-refractivity contribution in [2.24, 2.45) is 0 Å². The smallest absolute Gasteiger partial charge is 0.0826 e. The molecule has 6 heteroatoms. The number of likely N-dealkylation sites (N-methyl/N-ethyl adjacent to an activating group) is 1. The third-order valence-corrected chi connectivity index (χ3v) is 3.99. The molecule has 0 radical (unpaired) electrons. The maximum Gasteiger partial charge on any atom is 0.0826 e. The van der Waals surface area contributed by atoms with Gasteiger partial charge in [-0.05, 0) is 6.54 Å². The van der Waals surface area contributed by atoms with Gasteiger partial charge in [-0.25, -0.2) is 0 Å². The monoisotopic (exact) mass is 287 g/mol.